The molecule has 0 fully saturated rings. The van der Waals surface area contributed by atoms with Crippen molar-refractivity contribution in [2.24, 2.45) is 0 Å². The zero-order chi connectivity index (χ0) is 21.3. The van der Waals surface area contributed by atoms with Crippen LogP contribution in [0.15, 0.2) is 60.1 Å². The van der Waals surface area contributed by atoms with E-state index in [9.17, 15) is 9.59 Å². The first-order valence-corrected chi connectivity index (χ1v) is 9.92. The van der Waals surface area contributed by atoms with Crippen LogP contribution in [0.25, 0.3) is 11.0 Å². The number of aryl methyl sites for hydroxylation is 2. The lowest BCUT2D eigenvalue weighted by molar-refractivity contribution is -0.139. The Hall–Kier alpha value is -3.61. The molecule has 1 aromatic heterocycles. The number of hydrogen-bond donors (Lipinski definition) is 2. The normalized spacial score (nSPS) is 16.4. The molecule has 1 atom stereocenters. The summed E-state index contributed by atoms with van der Waals surface area (Å²) in [7, 11) is 0. The van der Waals surface area contributed by atoms with E-state index in [4.69, 9.17) is 4.74 Å². The number of carbonyl (C=O) groups is 2. The summed E-state index contributed by atoms with van der Waals surface area (Å²) in [6.45, 7) is 6.29. The van der Waals surface area contributed by atoms with Crippen molar-refractivity contribution in [1.29, 1.82) is 0 Å². The van der Waals surface area contributed by atoms with E-state index in [1.807, 2.05) is 60.9 Å². The number of ether oxygens (including phenoxy) is 1. The standard InChI is InChI=1S/C23H24N4O3/c1-4-30-22(28)20-18(12-27-13-24-17-7-5-6-8-19(17)27)25-23(29)26-21(20)16-10-9-14(2)11-15(16)3/h5-11,13,21H,4,12H2,1-3H3,(H2,25,26,29). The van der Waals surface area contributed by atoms with Crippen LogP contribution in [-0.2, 0) is 16.1 Å². The van der Waals surface area contributed by atoms with Gasteiger partial charge in [-0.15, -0.1) is 0 Å². The molecule has 154 valence electrons. The highest BCUT2D eigenvalue weighted by Gasteiger charge is 2.34. The predicted molar refractivity (Wildman–Crippen MR) is 114 cm³/mol. The van der Waals surface area contributed by atoms with Crippen molar-refractivity contribution in [3.05, 3.63) is 76.8 Å². The fourth-order valence-electron chi connectivity index (χ4n) is 3.88. The largest absolute Gasteiger partial charge is 0.463 e. The van der Waals surface area contributed by atoms with Gasteiger partial charge in [0.15, 0.2) is 0 Å². The van der Waals surface area contributed by atoms with Crippen molar-refractivity contribution in [2.45, 2.75) is 33.4 Å². The van der Waals surface area contributed by atoms with Gasteiger partial charge in [0, 0.05) is 0 Å². The van der Waals surface area contributed by atoms with E-state index in [1.165, 1.54) is 0 Å². The van der Waals surface area contributed by atoms with Gasteiger partial charge in [0.1, 0.15) is 0 Å². The lowest BCUT2D eigenvalue weighted by Crippen LogP contribution is -2.47. The van der Waals surface area contributed by atoms with Crippen molar-refractivity contribution in [2.75, 3.05) is 6.61 Å². The lowest BCUT2D eigenvalue weighted by atomic mass is 9.91. The Balaban J connectivity index is 1.83. The number of allylic oxidation sites excluding steroid dienone is 1. The minimum atomic E-state index is -0.594. The molecule has 0 spiro atoms. The van der Waals surface area contributed by atoms with Gasteiger partial charge in [0.2, 0.25) is 0 Å². The fourth-order valence-corrected chi connectivity index (χ4v) is 3.88. The second-order valence-corrected chi connectivity index (χ2v) is 7.37. The molecule has 4 rings (SSSR count). The topological polar surface area (TPSA) is 85.2 Å². The minimum Gasteiger partial charge on any atom is -0.463 e. The number of hydrogen-bond acceptors (Lipinski definition) is 4. The smallest absolute Gasteiger partial charge is 0.338 e. The zero-order valence-electron chi connectivity index (χ0n) is 17.2. The molecule has 2 N–H and O–H groups in total. The number of imidazole rings is 1. The first-order chi connectivity index (χ1) is 14.5. The van der Waals surface area contributed by atoms with Crippen LogP contribution in [0.3, 0.4) is 0 Å². The Morgan fingerprint density at radius 1 is 1.20 bits per heavy atom. The highest BCUT2D eigenvalue weighted by molar-refractivity contribution is 5.95. The fraction of sp³-hybridized carbons (Fsp3) is 0.261. The van der Waals surface area contributed by atoms with Crippen molar-refractivity contribution in [3.63, 3.8) is 0 Å². The molecule has 2 aromatic carbocycles. The summed E-state index contributed by atoms with van der Waals surface area (Å²) in [5.74, 6) is -0.450. The highest BCUT2D eigenvalue weighted by Crippen LogP contribution is 2.31. The number of urea groups is 1. The Labute approximate surface area is 174 Å². The molecule has 0 saturated heterocycles. The van der Waals surface area contributed by atoms with Gasteiger partial charge in [0.05, 0.1) is 47.8 Å². The van der Waals surface area contributed by atoms with Gasteiger partial charge in [-0.2, -0.15) is 0 Å². The van der Waals surface area contributed by atoms with Gasteiger partial charge < -0.3 is 19.9 Å². The van der Waals surface area contributed by atoms with E-state index in [0.29, 0.717) is 17.8 Å². The van der Waals surface area contributed by atoms with Crippen molar-refractivity contribution >= 4 is 23.0 Å². The number of aromatic nitrogens is 2. The Kier molecular flexibility index (Phi) is 5.27. The molecule has 30 heavy (non-hydrogen) atoms. The average Bonchev–Trinajstić information content (AvgIpc) is 3.11. The molecule has 2 amide bonds. The third kappa shape index (κ3) is 3.66. The van der Waals surface area contributed by atoms with Crippen LogP contribution in [0.2, 0.25) is 0 Å². The van der Waals surface area contributed by atoms with Crippen LogP contribution in [0.5, 0.6) is 0 Å². The van der Waals surface area contributed by atoms with E-state index in [1.54, 1.807) is 13.3 Å². The third-order valence-electron chi connectivity index (χ3n) is 5.24. The zero-order valence-corrected chi connectivity index (χ0v) is 17.2. The van der Waals surface area contributed by atoms with Gasteiger partial charge in [-0.05, 0) is 44.0 Å². The number of carbonyl (C=O) groups excluding carboxylic acids is 2. The van der Waals surface area contributed by atoms with Crippen LogP contribution in [0, 0.1) is 13.8 Å². The van der Waals surface area contributed by atoms with E-state index >= 15 is 0 Å². The van der Waals surface area contributed by atoms with Crippen molar-refractivity contribution in [1.82, 2.24) is 20.2 Å². The summed E-state index contributed by atoms with van der Waals surface area (Å²) in [6, 6.07) is 12.7. The summed E-state index contributed by atoms with van der Waals surface area (Å²) in [5, 5.41) is 5.71. The summed E-state index contributed by atoms with van der Waals surface area (Å²) < 4.78 is 7.27. The quantitative estimate of drug-likeness (QED) is 0.637. The minimum absolute atomic E-state index is 0.247. The van der Waals surface area contributed by atoms with E-state index in [2.05, 4.69) is 15.6 Å². The molecule has 0 bridgehead atoms. The van der Waals surface area contributed by atoms with E-state index < -0.39 is 12.0 Å². The molecular formula is C23H24N4O3. The summed E-state index contributed by atoms with van der Waals surface area (Å²) in [4.78, 5) is 29.9. The molecular weight excluding hydrogens is 380 g/mol. The van der Waals surface area contributed by atoms with Crippen molar-refractivity contribution < 1.29 is 14.3 Å². The first kappa shape index (κ1) is 19.7. The number of fused-ring (bicyclic) bond motifs is 1. The lowest BCUT2D eigenvalue weighted by Gasteiger charge is -2.30. The number of rotatable bonds is 5. The maximum Gasteiger partial charge on any atom is 0.338 e. The van der Waals surface area contributed by atoms with E-state index in [-0.39, 0.29) is 12.6 Å². The number of para-hydroxylation sites is 2. The number of amides is 2. The van der Waals surface area contributed by atoms with Crippen LogP contribution >= 0.6 is 0 Å². The van der Waals surface area contributed by atoms with Crippen LogP contribution in [0.4, 0.5) is 4.79 Å². The van der Waals surface area contributed by atoms with Gasteiger partial charge in [-0.1, -0.05) is 35.9 Å². The Morgan fingerprint density at radius 3 is 2.77 bits per heavy atom. The molecule has 7 nitrogen and oxygen atoms in total. The van der Waals surface area contributed by atoms with Gasteiger partial charge in [-0.3, -0.25) is 0 Å². The maximum absolute atomic E-state index is 13.0. The van der Waals surface area contributed by atoms with Gasteiger partial charge in [0.25, 0.3) is 0 Å². The van der Waals surface area contributed by atoms with E-state index in [0.717, 1.165) is 27.7 Å². The molecule has 1 aliphatic rings. The Bertz CT molecular complexity index is 1160. The predicted octanol–water partition coefficient (Wildman–Crippen LogP) is 3.52. The summed E-state index contributed by atoms with van der Waals surface area (Å²) >= 11 is 0. The molecule has 7 heteroatoms. The SMILES string of the molecule is CCOC(=O)C1=C(Cn2cnc3ccccc32)NC(=O)NC1c1ccc(C)cc1C. The maximum atomic E-state index is 13.0. The third-order valence-corrected chi connectivity index (χ3v) is 5.24. The van der Waals surface area contributed by atoms with Gasteiger partial charge in [-0.25, -0.2) is 14.6 Å². The molecule has 1 aliphatic heterocycles. The summed E-state index contributed by atoms with van der Waals surface area (Å²) in [6.07, 6.45) is 1.71. The van der Waals surface area contributed by atoms with Crippen LogP contribution in [-0.4, -0.2) is 28.2 Å². The Morgan fingerprint density at radius 2 is 2.00 bits per heavy atom. The number of esters is 1. The number of nitrogens with one attached hydrogen (secondary N) is 2. The van der Waals surface area contributed by atoms with Crippen molar-refractivity contribution in [3.8, 4) is 0 Å². The molecule has 0 radical (unpaired) electrons. The summed E-state index contributed by atoms with van der Waals surface area (Å²) in [5.41, 5.74) is 5.66. The van der Waals surface area contributed by atoms with Crippen LogP contribution in [0.1, 0.15) is 29.7 Å². The monoisotopic (exact) mass is 404 g/mol. The molecule has 0 saturated carbocycles. The molecule has 3 aromatic rings. The highest BCUT2D eigenvalue weighted by atomic mass is 16.5. The second-order valence-electron chi connectivity index (χ2n) is 7.37. The van der Waals surface area contributed by atoms with Crippen LogP contribution < -0.4 is 10.6 Å². The first-order valence-electron chi connectivity index (χ1n) is 9.92. The number of benzene rings is 2. The second kappa shape index (κ2) is 8.02. The average molecular weight is 404 g/mol. The molecule has 1 unspecified atom stereocenters. The molecule has 2 heterocycles. The van der Waals surface area contributed by atoms with Gasteiger partial charge >= 0.3 is 12.0 Å². The molecule has 0 aliphatic carbocycles. The number of nitrogens with zero attached hydrogens (tertiary/aromatic N) is 2.